The number of unbranched alkanes of at least 4 members (excludes halogenated alkanes) is 8. The van der Waals surface area contributed by atoms with Gasteiger partial charge < -0.3 is 10.4 Å². The number of hydrogen-bond acceptors (Lipinski definition) is 3. The first-order valence-electron chi connectivity index (χ1n) is 10.2. The van der Waals surface area contributed by atoms with Crippen LogP contribution in [0.25, 0.3) is 0 Å². The first-order valence-corrected chi connectivity index (χ1v) is 10.2. The van der Waals surface area contributed by atoms with Crippen molar-refractivity contribution in [3.8, 4) is 0 Å². The zero-order chi connectivity index (χ0) is 18.8. The van der Waals surface area contributed by atoms with Crippen molar-refractivity contribution < 1.29 is 14.7 Å². The van der Waals surface area contributed by atoms with Crippen molar-refractivity contribution in [2.45, 2.75) is 103 Å². The van der Waals surface area contributed by atoms with E-state index in [1.165, 1.54) is 39.0 Å². The van der Waals surface area contributed by atoms with Crippen molar-refractivity contribution in [1.29, 1.82) is 0 Å². The Labute approximate surface area is 154 Å². The number of carbonyl (C=O) groups is 2. The zero-order valence-electron chi connectivity index (χ0n) is 16.4. The minimum atomic E-state index is -0.178. The molecule has 0 aromatic heterocycles. The molecule has 0 bridgehead atoms. The van der Waals surface area contributed by atoms with Crippen LogP contribution in [0.15, 0.2) is 12.2 Å². The van der Waals surface area contributed by atoms with Gasteiger partial charge in [-0.25, -0.2) is 0 Å². The molecule has 0 radical (unpaired) electrons. The highest BCUT2D eigenvalue weighted by Crippen LogP contribution is 2.10. The molecule has 0 spiro atoms. The van der Waals surface area contributed by atoms with Crippen LogP contribution < -0.4 is 5.32 Å². The van der Waals surface area contributed by atoms with Crippen molar-refractivity contribution in [2.24, 2.45) is 0 Å². The second-order valence-corrected chi connectivity index (χ2v) is 7.00. The number of aliphatic hydroxyl groups is 1. The van der Waals surface area contributed by atoms with Gasteiger partial charge in [-0.2, -0.15) is 0 Å². The third-order valence-electron chi connectivity index (χ3n) is 4.27. The number of nitrogens with one attached hydrogen (secondary N) is 1. The molecule has 0 aromatic carbocycles. The molecule has 1 atom stereocenters. The Morgan fingerprint density at radius 3 is 2.36 bits per heavy atom. The standard InChI is InChI=1S/C21H39NO3/c1-3-4-5-12-15-20(24)16-13-10-8-6-7-9-11-14-17-21(25)22-18-19(2)23/h10,13,20,24H,3-9,11-12,14-18H2,1-2H3,(H,22,25)/b13-10-. The van der Waals surface area contributed by atoms with Crippen LogP contribution in [0, 0.1) is 0 Å². The molecule has 2 N–H and O–H groups in total. The molecule has 0 fully saturated rings. The van der Waals surface area contributed by atoms with Gasteiger partial charge in [0.15, 0.2) is 0 Å². The first-order chi connectivity index (χ1) is 12.1. The van der Waals surface area contributed by atoms with Gasteiger partial charge >= 0.3 is 0 Å². The minimum absolute atomic E-state index is 0.00887. The van der Waals surface area contributed by atoms with Gasteiger partial charge in [0.05, 0.1) is 12.6 Å². The number of Topliss-reactive ketones (excluding diaryl/α,β-unsaturated/α-hetero) is 1. The van der Waals surface area contributed by atoms with E-state index in [-0.39, 0.29) is 24.3 Å². The van der Waals surface area contributed by atoms with E-state index >= 15 is 0 Å². The maximum Gasteiger partial charge on any atom is 0.220 e. The molecule has 0 aliphatic carbocycles. The van der Waals surface area contributed by atoms with Crippen molar-refractivity contribution in [2.75, 3.05) is 6.54 Å². The van der Waals surface area contributed by atoms with Crippen molar-refractivity contribution in [3.05, 3.63) is 12.2 Å². The van der Waals surface area contributed by atoms with Crippen LogP contribution in [-0.4, -0.2) is 29.4 Å². The van der Waals surface area contributed by atoms with Crippen molar-refractivity contribution >= 4 is 11.7 Å². The average molecular weight is 354 g/mol. The molecular formula is C21H39NO3. The van der Waals surface area contributed by atoms with E-state index in [1.807, 2.05) is 0 Å². The van der Waals surface area contributed by atoms with Crippen molar-refractivity contribution in [1.82, 2.24) is 5.32 Å². The molecular weight excluding hydrogens is 314 g/mol. The molecule has 0 saturated heterocycles. The van der Waals surface area contributed by atoms with Gasteiger partial charge in [0.2, 0.25) is 5.91 Å². The summed E-state index contributed by atoms with van der Waals surface area (Å²) in [5.41, 5.74) is 0. The van der Waals surface area contributed by atoms with Gasteiger partial charge in [-0.15, -0.1) is 0 Å². The van der Waals surface area contributed by atoms with Crippen LogP contribution in [0.3, 0.4) is 0 Å². The Balaban J connectivity index is 3.34. The molecule has 0 aliphatic heterocycles. The normalized spacial score (nSPS) is 12.4. The van der Waals surface area contributed by atoms with Gasteiger partial charge in [0.1, 0.15) is 5.78 Å². The Morgan fingerprint density at radius 2 is 1.64 bits per heavy atom. The van der Waals surface area contributed by atoms with Crippen LogP contribution in [0.5, 0.6) is 0 Å². The van der Waals surface area contributed by atoms with E-state index in [9.17, 15) is 14.7 Å². The van der Waals surface area contributed by atoms with E-state index < -0.39 is 0 Å². The van der Waals surface area contributed by atoms with Crippen LogP contribution in [-0.2, 0) is 9.59 Å². The molecule has 1 unspecified atom stereocenters. The van der Waals surface area contributed by atoms with Crippen molar-refractivity contribution in [3.63, 3.8) is 0 Å². The summed E-state index contributed by atoms with van der Waals surface area (Å²) in [5.74, 6) is -0.0307. The molecule has 146 valence electrons. The van der Waals surface area contributed by atoms with Crippen LogP contribution in [0.4, 0.5) is 0 Å². The zero-order valence-corrected chi connectivity index (χ0v) is 16.4. The number of carbonyl (C=O) groups excluding carboxylic acids is 2. The molecule has 0 heterocycles. The fourth-order valence-electron chi connectivity index (χ4n) is 2.69. The third-order valence-corrected chi connectivity index (χ3v) is 4.27. The number of amides is 1. The van der Waals surface area contributed by atoms with E-state index in [0.717, 1.165) is 44.9 Å². The maximum absolute atomic E-state index is 11.4. The summed E-state index contributed by atoms with van der Waals surface area (Å²) < 4.78 is 0. The number of allylic oxidation sites excluding steroid dienone is 1. The number of aliphatic hydroxyl groups excluding tert-OH is 1. The first kappa shape index (κ1) is 23.8. The Kier molecular flexibility index (Phi) is 16.8. The van der Waals surface area contributed by atoms with Gasteiger partial charge in [-0.3, -0.25) is 9.59 Å². The SMILES string of the molecule is CCCCCCC(O)C/C=C\CCCCCCCC(=O)NCC(C)=O. The minimum Gasteiger partial charge on any atom is -0.393 e. The van der Waals surface area contributed by atoms with E-state index in [2.05, 4.69) is 24.4 Å². The highest BCUT2D eigenvalue weighted by atomic mass is 16.3. The lowest BCUT2D eigenvalue weighted by Crippen LogP contribution is -2.27. The smallest absolute Gasteiger partial charge is 0.220 e. The summed E-state index contributed by atoms with van der Waals surface area (Å²) in [7, 11) is 0. The lowest BCUT2D eigenvalue weighted by atomic mass is 10.1. The molecule has 0 rings (SSSR count). The Bertz CT molecular complexity index is 366. The lowest BCUT2D eigenvalue weighted by molar-refractivity contribution is -0.124. The quantitative estimate of drug-likeness (QED) is 0.294. The highest BCUT2D eigenvalue weighted by Gasteiger charge is 2.02. The topological polar surface area (TPSA) is 66.4 Å². The Morgan fingerprint density at radius 1 is 0.960 bits per heavy atom. The lowest BCUT2D eigenvalue weighted by Gasteiger charge is -2.07. The summed E-state index contributed by atoms with van der Waals surface area (Å²) in [6.07, 6.45) is 17.7. The summed E-state index contributed by atoms with van der Waals surface area (Å²) in [4.78, 5) is 22.2. The maximum atomic E-state index is 11.4. The molecule has 4 heteroatoms. The predicted octanol–water partition coefficient (Wildman–Crippen LogP) is 4.70. The van der Waals surface area contributed by atoms with E-state index in [0.29, 0.717) is 6.42 Å². The number of rotatable bonds is 17. The van der Waals surface area contributed by atoms with Gasteiger partial charge in [0, 0.05) is 6.42 Å². The number of hydrogen-bond donors (Lipinski definition) is 2. The third kappa shape index (κ3) is 19.0. The van der Waals surface area contributed by atoms with Gasteiger partial charge in [-0.05, 0) is 39.0 Å². The van der Waals surface area contributed by atoms with Gasteiger partial charge in [0.25, 0.3) is 0 Å². The van der Waals surface area contributed by atoms with E-state index in [4.69, 9.17) is 0 Å². The van der Waals surface area contributed by atoms with Gasteiger partial charge in [-0.1, -0.05) is 64.0 Å². The van der Waals surface area contributed by atoms with E-state index in [1.54, 1.807) is 0 Å². The van der Waals surface area contributed by atoms with Crippen LogP contribution in [0.2, 0.25) is 0 Å². The monoisotopic (exact) mass is 353 g/mol. The van der Waals surface area contributed by atoms with Crippen LogP contribution >= 0.6 is 0 Å². The average Bonchev–Trinajstić information content (AvgIpc) is 2.58. The second kappa shape index (κ2) is 17.7. The molecule has 1 amide bonds. The van der Waals surface area contributed by atoms with Crippen LogP contribution in [0.1, 0.15) is 97.3 Å². The largest absolute Gasteiger partial charge is 0.393 e. The predicted molar refractivity (Wildman–Crippen MR) is 105 cm³/mol. The fraction of sp³-hybridized carbons (Fsp3) is 0.810. The summed E-state index contributed by atoms with van der Waals surface area (Å²) >= 11 is 0. The molecule has 0 aliphatic rings. The summed E-state index contributed by atoms with van der Waals surface area (Å²) in [5, 5.41) is 12.5. The molecule has 0 saturated carbocycles. The highest BCUT2D eigenvalue weighted by molar-refractivity contribution is 5.84. The fourth-order valence-corrected chi connectivity index (χ4v) is 2.69. The summed E-state index contributed by atoms with van der Waals surface area (Å²) in [6, 6.07) is 0. The Hall–Kier alpha value is -1.16. The second-order valence-electron chi connectivity index (χ2n) is 7.00. The molecule has 4 nitrogen and oxygen atoms in total. The number of ketones is 1. The summed E-state index contributed by atoms with van der Waals surface area (Å²) in [6.45, 7) is 3.83. The molecule has 0 aromatic rings. The molecule has 25 heavy (non-hydrogen) atoms.